The Morgan fingerprint density at radius 3 is 3.04 bits per heavy atom. The monoisotopic (exact) mass is 324 g/mol. The van der Waals surface area contributed by atoms with E-state index in [9.17, 15) is 0 Å². The highest BCUT2D eigenvalue weighted by Crippen LogP contribution is 2.20. The number of hydrogen-bond donors (Lipinski definition) is 1. The van der Waals surface area contributed by atoms with Crippen molar-refractivity contribution >= 4 is 17.0 Å². The summed E-state index contributed by atoms with van der Waals surface area (Å²) >= 11 is 1.58. The molecule has 23 heavy (non-hydrogen) atoms. The van der Waals surface area contributed by atoms with E-state index < -0.39 is 0 Å². The van der Waals surface area contributed by atoms with Gasteiger partial charge in [-0.3, -0.25) is 4.68 Å². The molecule has 0 aliphatic heterocycles. The summed E-state index contributed by atoms with van der Waals surface area (Å²) in [5, 5.41) is 18.2. The molecule has 6 heteroatoms. The maximum Gasteiger partial charge on any atom is 0.121 e. The SMILES string of the molecule is N#Cc1csc(CNc2cccc(OCCn3cccn3)c2)c1. The molecule has 3 aromatic rings. The van der Waals surface area contributed by atoms with Gasteiger partial charge < -0.3 is 10.1 Å². The van der Waals surface area contributed by atoms with Crippen molar-refractivity contribution in [2.75, 3.05) is 11.9 Å². The van der Waals surface area contributed by atoms with Gasteiger partial charge in [0, 0.05) is 40.9 Å². The van der Waals surface area contributed by atoms with Crippen LogP contribution in [-0.4, -0.2) is 16.4 Å². The van der Waals surface area contributed by atoms with Gasteiger partial charge in [0.2, 0.25) is 0 Å². The second-order valence-corrected chi connectivity index (χ2v) is 5.91. The third kappa shape index (κ3) is 4.34. The number of nitrogens with one attached hydrogen (secondary N) is 1. The Morgan fingerprint density at radius 1 is 1.30 bits per heavy atom. The van der Waals surface area contributed by atoms with E-state index in [2.05, 4.69) is 16.5 Å². The van der Waals surface area contributed by atoms with Crippen molar-refractivity contribution in [3.63, 3.8) is 0 Å². The predicted octanol–water partition coefficient (Wildman–Crippen LogP) is 3.51. The van der Waals surface area contributed by atoms with Crippen molar-refractivity contribution in [3.05, 3.63) is 64.6 Å². The normalized spacial score (nSPS) is 10.2. The fourth-order valence-corrected chi connectivity index (χ4v) is 2.86. The van der Waals surface area contributed by atoms with Gasteiger partial charge in [-0.25, -0.2) is 0 Å². The average molecular weight is 324 g/mol. The van der Waals surface area contributed by atoms with E-state index in [0.717, 1.165) is 22.9 Å². The van der Waals surface area contributed by atoms with E-state index in [0.29, 0.717) is 18.7 Å². The topological polar surface area (TPSA) is 62.9 Å². The van der Waals surface area contributed by atoms with Crippen LogP contribution in [-0.2, 0) is 13.1 Å². The van der Waals surface area contributed by atoms with E-state index in [1.807, 2.05) is 52.7 Å². The van der Waals surface area contributed by atoms with Crippen LogP contribution in [0.15, 0.2) is 54.2 Å². The number of thiophene rings is 1. The zero-order valence-corrected chi connectivity index (χ0v) is 13.3. The van der Waals surface area contributed by atoms with E-state index in [1.165, 1.54) is 0 Å². The molecule has 0 radical (unpaired) electrons. The minimum atomic E-state index is 0.571. The third-order valence-electron chi connectivity index (χ3n) is 3.23. The van der Waals surface area contributed by atoms with Crippen molar-refractivity contribution < 1.29 is 4.74 Å². The van der Waals surface area contributed by atoms with Crippen LogP contribution in [0.3, 0.4) is 0 Å². The molecule has 0 saturated heterocycles. The van der Waals surface area contributed by atoms with Crippen molar-refractivity contribution in [1.29, 1.82) is 5.26 Å². The Labute approximate surface area is 138 Å². The second kappa shape index (κ2) is 7.47. The van der Waals surface area contributed by atoms with Crippen LogP contribution >= 0.6 is 11.3 Å². The second-order valence-electron chi connectivity index (χ2n) is 4.91. The summed E-state index contributed by atoms with van der Waals surface area (Å²) in [7, 11) is 0. The Morgan fingerprint density at radius 2 is 2.26 bits per heavy atom. The van der Waals surface area contributed by atoms with Crippen LogP contribution in [0.25, 0.3) is 0 Å². The van der Waals surface area contributed by atoms with E-state index in [4.69, 9.17) is 10.00 Å². The molecule has 2 aromatic heterocycles. The zero-order chi connectivity index (χ0) is 15.9. The quantitative estimate of drug-likeness (QED) is 0.722. The minimum Gasteiger partial charge on any atom is -0.492 e. The molecule has 0 amide bonds. The Hall–Kier alpha value is -2.78. The molecule has 0 saturated carbocycles. The highest BCUT2D eigenvalue weighted by Gasteiger charge is 2.01. The summed E-state index contributed by atoms with van der Waals surface area (Å²) in [6.07, 6.45) is 3.67. The highest BCUT2D eigenvalue weighted by molar-refractivity contribution is 7.10. The zero-order valence-electron chi connectivity index (χ0n) is 12.5. The molecule has 1 N–H and O–H groups in total. The average Bonchev–Trinajstić information content (AvgIpc) is 3.25. The van der Waals surface area contributed by atoms with Crippen LogP contribution in [0.5, 0.6) is 5.75 Å². The number of nitrogens with zero attached hydrogens (tertiary/aromatic N) is 3. The number of benzene rings is 1. The predicted molar refractivity (Wildman–Crippen MR) is 90.5 cm³/mol. The maximum atomic E-state index is 8.84. The highest BCUT2D eigenvalue weighted by atomic mass is 32.1. The lowest BCUT2D eigenvalue weighted by atomic mass is 10.3. The first-order valence-corrected chi connectivity index (χ1v) is 8.13. The van der Waals surface area contributed by atoms with Gasteiger partial charge in [0.1, 0.15) is 18.4 Å². The molecular formula is C17H16N4OS. The van der Waals surface area contributed by atoms with Gasteiger partial charge in [0.05, 0.1) is 12.1 Å². The van der Waals surface area contributed by atoms with Gasteiger partial charge in [-0.1, -0.05) is 6.07 Å². The molecule has 3 rings (SSSR count). The molecule has 1 aromatic carbocycles. The van der Waals surface area contributed by atoms with Gasteiger partial charge in [0.15, 0.2) is 0 Å². The summed E-state index contributed by atoms with van der Waals surface area (Å²) in [5.41, 5.74) is 1.70. The molecule has 5 nitrogen and oxygen atoms in total. The largest absolute Gasteiger partial charge is 0.492 e. The summed E-state index contributed by atoms with van der Waals surface area (Å²) < 4.78 is 7.59. The van der Waals surface area contributed by atoms with Crippen molar-refractivity contribution in [3.8, 4) is 11.8 Å². The number of rotatable bonds is 7. The number of nitriles is 1. The summed E-state index contributed by atoms with van der Waals surface area (Å²) in [6, 6.07) is 13.8. The molecular weight excluding hydrogens is 308 g/mol. The van der Waals surface area contributed by atoms with E-state index in [-0.39, 0.29) is 0 Å². The lowest BCUT2D eigenvalue weighted by Crippen LogP contribution is -2.08. The third-order valence-corrected chi connectivity index (χ3v) is 4.17. The van der Waals surface area contributed by atoms with Gasteiger partial charge in [-0.05, 0) is 24.3 Å². The first kappa shape index (κ1) is 15.1. The van der Waals surface area contributed by atoms with E-state index >= 15 is 0 Å². The fourth-order valence-electron chi connectivity index (χ4n) is 2.11. The van der Waals surface area contributed by atoms with Crippen LogP contribution in [0.4, 0.5) is 5.69 Å². The minimum absolute atomic E-state index is 0.571. The Balaban J connectivity index is 1.51. The molecule has 0 atom stereocenters. The van der Waals surface area contributed by atoms with Crippen molar-refractivity contribution in [2.24, 2.45) is 0 Å². The first-order chi connectivity index (χ1) is 11.3. The molecule has 0 bridgehead atoms. The smallest absolute Gasteiger partial charge is 0.121 e. The van der Waals surface area contributed by atoms with Crippen LogP contribution in [0.2, 0.25) is 0 Å². The number of ether oxygens (including phenoxy) is 1. The van der Waals surface area contributed by atoms with Crippen LogP contribution in [0.1, 0.15) is 10.4 Å². The standard InChI is InChI=1S/C17H16N4OS/c18-11-14-9-17(23-13-14)12-19-15-3-1-4-16(10-15)22-8-7-21-6-2-5-20-21/h1-6,9-10,13,19H,7-8,12H2. The number of hydrogen-bond acceptors (Lipinski definition) is 5. The number of aromatic nitrogens is 2. The Kier molecular flexibility index (Phi) is 4.92. The molecule has 0 aliphatic carbocycles. The van der Waals surface area contributed by atoms with Gasteiger partial charge in [-0.2, -0.15) is 10.4 Å². The van der Waals surface area contributed by atoms with Crippen molar-refractivity contribution in [2.45, 2.75) is 13.1 Å². The van der Waals surface area contributed by atoms with E-state index in [1.54, 1.807) is 17.5 Å². The molecule has 0 unspecified atom stereocenters. The molecule has 116 valence electrons. The molecule has 0 aliphatic rings. The Bertz CT molecular complexity index is 789. The maximum absolute atomic E-state index is 8.84. The lowest BCUT2D eigenvalue weighted by Gasteiger charge is -2.09. The van der Waals surface area contributed by atoms with Crippen LogP contribution in [0, 0.1) is 11.3 Å². The van der Waals surface area contributed by atoms with Crippen molar-refractivity contribution in [1.82, 2.24) is 9.78 Å². The molecule has 0 spiro atoms. The summed E-state index contributed by atoms with van der Waals surface area (Å²) in [4.78, 5) is 1.13. The lowest BCUT2D eigenvalue weighted by molar-refractivity contribution is 0.291. The molecule has 2 heterocycles. The van der Waals surface area contributed by atoms with Gasteiger partial charge in [-0.15, -0.1) is 11.3 Å². The number of anilines is 1. The molecule has 0 fully saturated rings. The summed E-state index contributed by atoms with van der Waals surface area (Å²) in [6.45, 7) is 1.99. The van der Waals surface area contributed by atoms with Gasteiger partial charge in [0.25, 0.3) is 0 Å². The van der Waals surface area contributed by atoms with Gasteiger partial charge >= 0.3 is 0 Å². The first-order valence-electron chi connectivity index (χ1n) is 7.25. The van der Waals surface area contributed by atoms with Crippen LogP contribution < -0.4 is 10.1 Å². The summed E-state index contributed by atoms with van der Waals surface area (Å²) in [5.74, 6) is 0.825. The fraction of sp³-hybridized carbons (Fsp3) is 0.176.